The van der Waals surface area contributed by atoms with Crippen LogP contribution in [0.1, 0.15) is 297 Å². The van der Waals surface area contributed by atoms with E-state index < -0.39 is 97.5 Å². The Kier molecular flexibility index (Phi) is 70.5. The monoisotopic (exact) mass is 1470 g/mol. The van der Waals surface area contributed by atoms with Crippen molar-refractivity contribution in [2.24, 2.45) is 0 Å². The Morgan fingerprint density at radius 1 is 0.294 bits per heavy atom. The van der Waals surface area contributed by atoms with Gasteiger partial charge >= 0.3 is 39.5 Å². The van der Waals surface area contributed by atoms with E-state index in [1.165, 1.54) is 83.5 Å². The molecule has 102 heavy (non-hydrogen) atoms. The van der Waals surface area contributed by atoms with Gasteiger partial charge in [0.15, 0.2) is 12.2 Å². The summed E-state index contributed by atoms with van der Waals surface area (Å²) in [5.41, 5.74) is 0. The molecule has 0 aromatic heterocycles. The Morgan fingerprint density at radius 2 is 0.559 bits per heavy atom. The predicted octanol–water partition coefficient (Wildman–Crippen LogP) is 22.7. The molecule has 3 N–H and O–H groups in total. The fourth-order valence-electron chi connectivity index (χ4n) is 9.95. The van der Waals surface area contributed by atoms with E-state index in [1.807, 2.05) is 30.4 Å². The lowest BCUT2D eigenvalue weighted by Crippen LogP contribution is -2.30. The third kappa shape index (κ3) is 73.3. The summed E-state index contributed by atoms with van der Waals surface area (Å²) in [6.07, 6.45) is 84.4. The normalized spacial score (nSPS) is 14.7. The van der Waals surface area contributed by atoms with Crippen molar-refractivity contribution in [3.8, 4) is 0 Å². The molecule has 0 amide bonds. The number of carbonyl (C=O) groups excluding carboxylic acids is 4. The van der Waals surface area contributed by atoms with Gasteiger partial charge in [-0.2, -0.15) is 0 Å². The molecule has 0 aliphatic heterocycles. The van der Waals surface area contributed by atoms with Crippen molar-refractivity contribution in [3.05, 3.63) is 146 Å². The molecule has 0 aromatic rings. The van der Waals surface area contributed by atoms with Crippen LogP contribution in [0.5, 0.6) is 0 Å². The van der Waals surface area contributed by atoms with E-state index in [0.29, 0.717) is 32.1 Å². The number of carbonyl (C=O) groups is 4. The van der Waals surface area contributed by atoms with E-state index >= 15 is 0 Å². The molecule has 0 aliphatic rings. The van der Waals surface area contributed by atoms with Crippen LogP contribution in [0, 0.1) is 0 Å². The second kappa shape index (κ2) is 74.2. The number of unbranched alkanes of at least 4 members (excludes halogenated alkanes) is 23. The van der Waals surface area contributed by atoms with Crippen LogP contribution >= 0.6 is 15.6 Å². The van der Waals surface area contributed by atoms with Crippen molar-refractivity contribution in [1.29, 1.82) is 0 Å². The summed E-state index contributed by atoms with van der Waals surface area (Å²) in [7, 11) is -10.0. The molecule has 0 rings (SSSR count). The van der Waals surface area contributed by atoms with Gasteiger partial charge in [-0.15, -0.1) is 0 Å². The van der Waals surface area contributed by atoms with Crippen molar-refractivity contribution in [3.63, 3.8) is 0 Å². The van der Waals surface area contributed by atoms with Gasteiger partial charge < -0.3 is 33.8 Å². The number of hydrogen-bond acceptors (Lipinski definition) is 15. The third-order valence-corrected chi connectivity index (χ3v) is 17.7. The average molecular weight is 1470 g/mol. The SMILES string of the molecule is CC/C=C\C/C=C\C/C=C\C/C=C\C/C=C\CCCC(=O)OCC(COP(=O)(O)OCC(O)COP(=O)(O)OCC(COC(=O)C/C=C\C/C=C\C/C=C\C/C=C\C/C=C\CC)OC(=O)CCCCCCC/C=C\C/C=C\CCCCC)OC(=O)CCCCCCCCCCCCCCCCC. The summed E-state index contributed by atoms with van der Waals surface area (Å²) in [5, 5.41) is 10.6. The second-order valence-electron chi connectivity index (χ2n) is 25.6. The molecule has 19 heteroatoms. The van der Waals surface area contributed by atoms with Gasteiger partial charge in [-0.3, -0.25) is 37.3 Å². The van der Waals surface area contributed by atoms with Crippen LogP contribution in [0.15, 0.2) is 146 Å². The van der Waals surface area contributed by atoms with Gasteiger partial charge in [-0.05, 0) is 122 Å². The second-order valence-corrected chi connectivity index (χ2v) is 28.5. The smallest absolute Gasteiger partial charge is 0.462 e. The number of hydrogen-bond donors (Lipinski definition) is 3. The van der Waals surface area contributed by atoms with E-state index in [0.717, 1.165) is 128 Å². The molecular formula is C83H138O17P2. The number of rotatable bonds is 72. The summed E-state index contributed by atoms with van der Waals surface area (Å²) in [4.78, 5) is 72.9. The van der Waals surface area contributed by atoms with Crippen molar-refractivity contribution < 1.29 is 80.2 Å². The minimum absolute atomic E-state index is 0.0548. The van der Waals surface area contributed by atoms with Crippen LogP contribution in [0.4, 0.5) is 0 Å². The molecule has 0 radical (unpaired) electrons. The Hall–Kier alpha value is -5.06. The molecule has 5 atom stereocenters. The first-order valence-electron chi connectivity index (χ1n) is 39.1. The standard InChI is InChI=1S/C83H138O17P2/c1-5-9-13-17-21-25-29-33-37-38-42-44-48-52-56-60-64-68-81(86)94-74-79(100-83(88)70-66-62-58-54-50-46-41-36-32-28-24-20-16-12-8-4)76-98-102(91,92)96-72-77(84)71-95-101(89,90)97-75-78(99-82(87)69-65-61-57-53-49-45-40-35-31-27-23-19-15-11-7-3)73-93-80(85)67-63-59-55-51-47-43-39-34-30-26-22-18-14-10-6-2/h9-10,13-14,21-23,25-27,33-35,37,39-40,42,44,47,51-52,56,59,63,77-79,84H,5-8,11-12,15-20,24,28-32,36,38,41,43,45-46,48-50,53-55,57-58,60-62,64-76H2,1-4H3,(H,89,90)(H,91,92)/b13-9-,14-10-,25-21-,26-22-,27-23-,37-33-,39-34-,40-35-,44-42-,51-47-,56-52-,63-59-. The largest absolute Gasteiger partial charge is 0.472 e. The number of phosphoric ester groups is 2. The molecular weight excluding hydrogens is 1330 g/mol. The first-order valence-corrected chi connectivity index (χ1v) is 42.1. The van der Waals surface area contributed by atoms with Crippen LogP contribution in [0.25, 0.3) is 0 Å². The van der Waals surface area contributed by atoms with Gasteiger partial charge in [-0.1, -0.05) is 296 Å². The van der Waals surface area contributed by atoms with Crippen LogP contribution in [-0.2, 0) is 65.4 Å². The zero-order chi connectivity index (χ0) is 74.6. The van der Waals surface area contributed by atoms with Crippen LogP contribution in [-0.4, -0.2) is 96.7 Å². The van der Waals surface area contributed by atoms with E-state index in [9.17, 15) is 43.2 Å². The maximum absolute atomic E-state index is 13.1. The first-order chi connectivity index (χ1) is 49.7. The molecule has 0 bridgehead atoms. The molecule has 0 heterocycles. The predicted molar refractivity (Wildman–Crippen MR) is 417 cm³/mol. The Morgan fingerprint density at radius 3 is 0.922 bits per heavy atom. The number of aliphatic hydroxyl groups is 1. The fourth-order valence-corrected chi connectivity index (χ4v) is 11.5. The Balaban J connectivity index is 5.48. The van der Waals surface area contributed by atoms with Crippen LogP contribution in [0.3, 0.4) is 0 Å². The highest BCUT2D eigenvalue weighted by Gasteiger charge is 2.30. The molecule has 0 saturated heterocycles. The van der Waals surface area contributed by atoms with Crippen molar-refractivity contribution in [2.75, 3.05) is 39.6 Å². The van der Waals surface area contributed by atoms with E-state index in [4.69, 9.17) is 37.0 Å². The quantitative estimate of drug-likeness (QED) is 0.0169. The lowest BCUT2D eigenvalue weighted by molar-refractivity contribution is -0.161. The maximum Gasteiger partial charge on any atom is 0.472 e. The van der Waals surface area contributed by atoms with Crippen LogP contribution < -0.4 is 0 Å². The summed E-state index contributed by atoms with van der Waals surface area (Å²) in [6.45, 7) is 4.43. The van der Waals surface area contributed by atoms with Crippen LogP contribution in [0.2, 0.25) is 0 Å². The van der Waals surface area contributed by atoms with E-state index in [-0.39, 0.29) is 25.7 Å². The lowest BCUT2D eigenvalue weighted by Gasteiger charge is -2.21. The zero-order valence-corrected chi connectivity index (χ0v) is 65.3. The van der Waals surface area contributed by atoms with Gasteiger partial charge in [-0.25, -0.2) is 9.13 Å². The fraction of sp³-hybridized carbons (Fsp3) is 0.663. The molecule has 0 saturated carbocycles. The molecule has 5 unspecified atom stereocenters. The summed E-state index contributed by atoms with van der Waals surface area (Å²) >= 11 is 0. The number of aliphatic hydroxyl groups excluding tert-OH is 1. The number of phosphoric acid groups is 2. The van der Waals surface area contributed by atoms with E-state index in [1.54, 1.807) is 6.08 Å². The highest BCUT2D eigenvalue weighted by Crippen LogP contribution is 2.45. The summed E-state index contributed by atoms with van der Waals surface area (Å²) < 4.78 is 68.4. The number of allylic oxidation sites excluding steroid dienone is 23. The molecule has 0 fully saturated rings. The lowest BCUT2D eigenvalue weighted by atomic mass is 10.0. The van der Waals surface area contributed by atoms with Crippen molar-refractivity contribution in [2.45, 2.75) is 316 Å². The van der Waals surface area contributed by atoms with Gasteiger partial charge in [0, 0.05) is 19.3 Å². The van der Waals surface area contributed by atoms with Crippen molar-refractivity contribution >= 4 is 39.5 Å². The maximum atomic E-state index is 13.1. The number of ether oxygens (including phenoxy) is 4. The third-order valence-electron chi connectivity index (χ3n) is 15.8. The molecule has 582 valence electrons. The molecule has 17 nitrogen and oxygen atoms in total. The number of esters is 4. The molecule has 0 aromatic carbocycles. The zero-order valence-electron chi connectivity index (χ0n) is 63.5. The highest BCUT2D eigenvalue weighted by molar-refractivity contribution is 7.47. The molecule has 0 spiro atoms. The first kappa shape index (κ1) is 96.9. The summed E-state index contributed by atoms with van der Waals surface area (Å²) in [5.74, 6) is -2.41. The van der Waals surface area contributed by atoms with Crippen molar-refractivity contribution in [1.82, 2.24) is 0 Å². The topological polar surface area (TPSA) is 237 Å². The Labute approximate surface area is 617 Å². The average Bonchev–Trinajstić information content (AvgIpc) is 0.923. The Bertz CT molecular complexity index is 2510. The van der Waals surface area contributed by atoms with Gasteiger partial charge in [0.2, 0.25) is 0 Å². The molecule has 0 aliphatic carbocycles. The minimum Gasteiger partial charge on any atom is -0.462 e. The van der Waals surface area contributed by atoms with Gasteiger partial charge in [0.1, 0.15) is 19.3 Å². The minimum atomic E-state index is -5.01. The van der Waals surface area contributed by atoms with E-state index in [2.05, 4.69) is 137 Å². The highest BCUT2D eigenvalue weighted by atomic mass is 31.2. The van der Waals surface area contributed by atoms with Gasteiger partial charge in [0.05, 0.1) is 32.8 Å². The summed E-state index contributed by atoms with van der Waals surface area (Å²) in [6, 6.07) is 0. The van der Waals surface area contributed by atoms with Gasteiger partial charge in [0.25, 0.3) is 0 Å².